The highest BCUT2D eigenvalue weighted by Gasteiger charge is 2.02. The Labute approximate surface area is 75.7 Å². The highest BCUT2D eigenvalue weighted by Crippen LogP contribution is 2.03. The molecule has 13 heavy (non-hydrogen) atoms. The minimum Gasteiger partial charge on any atom is -0.479 e. The van der Waals surface area contributed by atoms with Gasteiger partial charge in [-0.3, -0.25) is 0 Å². The van der Waals surface area contributed by atoms with Gasteiger partial charge in [0.1, 0.15) is 6.33 Å². The van der Waals surface area contributed by atoms with E-state index in [-0.39, 0.29) is 6.61 Å². The molecule has 70 valence electrons. The summed E-state index contributed by atoms with van der Waals surface area (Å²) in [6, 6.07) is 0. The first-order chi connectivity index (χ1) is 6.33. The maximum absolute atomic E-state index is 10.8. The van der Waals surface area contributed by atoms with Crippen molar-refractivity contribution in [3.8, 4) is 5.75 Å². The molecule has 0 saturated heterocycles. The van der Waals surface area contributed by atoms with Crippen molar-refractivity contribution in [2.24, 2.45) is 0 Å². The number of carbonyl (C=O) groups is 1. The first kappa shape index (κ1) is 9.44. The van der Waals surface area contributed by atoms with E-state index in [4.69, 9.17) is 4.74 Å². The van der Waals surface area contributed by atoms with Gasteiger partial charge in [-0.25, -0.2) is 14.8 Å². The summed E-state index contributed by atoms with van der Waals surface area (Å²) in [5, 5.41) is 0. The minimum atomic E-state index is -0.397. The summed E-state index contributed by atoms with van der Waals surface area (Å²) in [6.07, 6.45) is 4.34. The summed E-state index contributed by atoms with van der Waals surface area (Å²) in [5.74, 6) is 0.0573. The lowest BCUT2D eigenvalue weighted by Gasteiger charge is -2.03. The molecule has 0 saturated carbocycles. The normalized spacial score (nSPS) is 9.31. The van der Waals surface area contributed by atoms with Crippen LogP contribution in [0, 0.1) is 0 Å². The average molecular weight is 182 g/mol. The summed E-state index contributed by atoms with van der Waals surface area (Å²) in [6.45, 7) is 1.98. The number of ether oxygens (including phenoxy) is 2. The zero-order valence-corrected chi connectivity index (χ0v) is 7.27. The molecule has 0 amide bonds. The molecule has 0 atom stereocenters. The lowest BCUT2D eigenvalue weighted by molar-refractivity contribution is -0.145. The molecular formula is C8H10N2O3. The van der Waals surface area contributed by atoms with Crippen LogP contribution in [0.25, 0.3) is 0 Å². The molecule has 1 heterocycles. The molecule has 5 nitrogen and oxygen atoms in total. The Hall–Kier alpha value is -1.65. The van der Waals surface area contributed by atoms with E-state index in [1.165, 1.54) is 18.7 Å². The SMILES string of the molecule is CCOC(=O)COc1cncnc1. The molecule has 1 aromatic rings. The second-order valence-corrected chi connectivity index (χ2v) is 2.17. The zero-order chi connectivity index (χ0) is 9.52. The molecular weight excluding hydrogens is 172 g/mol. The molecule has 0 aliphatic carbocycles. The van der Waals surface area contributed by atoms with Crippen molar-refractivity contribution >= 4 is 5.97 Å². The van der Waals surface area contributed by atoms with Crippen LogP contribution in [0.15, 0.2) is 18.7 Å². The van der Waals surface area contributed by atoms with Crippen LogP contribution in [0.2, 0.25) is 0 Å². The van der Waals surface area contributed by atoms with E-state index in [1.54, 1.807) is 6.92 Å². The van der Waals surface area contributed by atoms with Crippen molar-refractivity contribution in [3.63, 3.8) is 0 Å². The van der Waals surface area contributed by atoms with E-state index in [0.29, 0.717) is 12.4 Å². The molecule has 0 aromatic carbocycles. The van der Waals surface area contributed by atoms with Crippen molar-refractivity contribution in [1.29, 1.82) is 0 Å². The number of hydrogen-bond acceptors (Lipinski definition) is 5. The van der Waals surface area contributed by atoms with Crippen LogP contribution in [0.3, 0.4) is 0 Å². The second kappa shape index (κ2) is 5.08. The van der Waals surface area contributed by atoms with Crippen LogP contribution in [0.5, 0.6) is 5.75 Å². The fraction of sp³-hybridized carbons (Fsp3) is 0.375. The molecule has 1 rings (SSSR count). The van der Waals surface area contributed by atoms with Gasteiger partial charge in [-0.15, -0.1) is 0 Å². The fourth-order valence-electron chi connectivity index (χ4n) is 0.705. The summed E-state index contributed by atoms with van der Waals surface area (Å²) < 4.78 is 9.68. The van der Waals surface area contributed by atoms with E-state index < -0.39 is 5.97 Å². The van der Waals surface area contributed by atoms with Gasteiger partial charge in [-0.1, -0.05) is 0 Å². The molecule has 0 spiro atoms. The summed E-state index contributed by atoms with van der Waals surface area (Å²) >= 11 is 0. The second-order valence-electron chi connectivity index (χ2n) is 2.17. The summed E-state index contributed by atoms with van der Waals surface area (Å²) in [5.41, 5.74) is 0. The van der Waals surface area contributed by atoms with Gasteiger partial charge in [0.2, 0.25) is 0 Å². The zero-order valence-electron chi connectivity index (χ0n) is 7.27. The van der Waals surface area contributed by atoms with Crippen molar-refractivity contribution in [2.45, 2.75) is 6.92 Å². The molecule has 5 heteroatoms. The number of aromatic nitrogens is 2. The van der Waals surface area contributed by atoms with E-state index in [9.17, 15) is 4.79 Å². The van der Waals surface area contributed by atoms with E-state index in [1.807, 2.05) is 0 Å². The van der Waals surface area contributed by atoms with Gasteiger partial charge >= 0.3 is 5.97 Å². The number of nitrogens with zero attached hydrogens (tertiary/aromatic N) is 2. The Morgan fingerprint density at radius 2 is 2.15 bits per heavy atom. The van der Waals surface area contributed by atoms with Crippen molar-refractivity contribution in [3.05, 3.63) is 18.7 Å². The lowest BCUT2D eigenvalue weighted by atomic mass is 10.6. The predicted octanol–water partition coefficient (Wildman–Crippen LogP) is 0.418. The first-order valence-corrected chi connectivity index (χ1v) is 3.86. The molecule has 1 aromatic heterocycles. The van der Waals surface area contributed by atoms with E-state index in [0.717, 1.165) is 0 Å². The largest absolute Gasteiger partial charge is 0.479 e. The smallest absolute Gasteiger partial charge is 0.344 e. The Balaban J connectivity index is 2.31. The van der Waals surface area contributed by atoms with Crippen LogP contribution >= 0.6 is 0 Å². The summed E-state index contributed by atoms with van der Waals surface area (Å²) in [7, 11) is 0. The van der Waals surface area contributed by atoms with Gasteiger partial charge in [0.15, 0.2) is 12.4 Å². The van der Waals surface area contributed by atoms with Crippen LogP contribution in [-0.4, -0.2) is 29.2 Å². The molecule has 0 fully saturated rings. The average Bonchev–Trinajstić information content (AvgIpc) is 2.17. The van der Waals surface area contributed by atoms with Gasteiger partial charge < -0.3 is 9.47 Å². The molecule has 0 N–H and O–H groups in total. The number of rotatable bonds is 4. The Kier molecular flexibility index (Phi) is 3.69. The molecule has 0 radical (unpaired) electrons. The highest BCUT2D eigenvalue weighted by molar-refractivity contribution is 5.70. The Morgan fingerprint density at radius 1 is 1.46 bits per heavy atom. The molecule has 0 unspecified atom stereocenters. The topological polar surface area (TPSA) is 61.3 Å². The van der Waals surface area contributed by atoms with Gasteiger partial charge in [-0.05, 0) is 6.92 Å². The predicted molar refractivity (Wildman–Crippen MR) is 44.2 cm³/mol. The van der Waals surface area contributed by atoms with E-state index in [2.05, 4.69) is 14.7 Å². The highest BCUT2D eigenvalue weighted by atomic mass is 16.6. The van der Waals surface area contributed by atoms with Crippen LogP contribution in [0.1, 0.15) is 6.92 Å². The number of carbonyl (C=O) groups excluding carboxylic acids is 1. The van der Waals surface area contributed by atoms with Crippen molar-refractivity contribution < 1.29 is 14.3 Å². The maximum Gasteiger partial charge on any atom is 0.344 e. The molecule has 0 aliphatic rings. The van der Waals surface area contributed by atoms with Crippen LogP contribution in [0.4, 0.5) is 0 Å². The third-order valence-corrected chi connectivity index (χ3v) is 1.20. The number of hydrogen-bond donors (Lipinski definition) is 0. The van der Waals surface area contributed by atoms with Gasteiger partial charge in [0.05, 0.1) is 19.0 Å². The third kappa shape index (κ3) is 3.50. The number of esters is 1. The van der Waals surface area contributed by atoms with Gasteiger partial charge in [0, 0.05) is 0 Å². The molecule has 0 bridgehead atoms. The first-order valence-electron chi connectivity index (χ1n) is 3.86. The monoisotopic (exact) mass is 182 g/mol. The van der Waals surface area contributed by atoms with Gasteiger partial charge in [-0.2, -0.15) is 0 Å². The molecule has 0 aliphatic heterocycles. The van der Waals surface area contributed by atoms with Crippen LogP contribution < -0.4 is 4.74 Å². The third-order valence-electron chi connectivity index (χ3n) is 1.20. The van der Waals surface area contributed by atoms with Crippen LogP contribution in [-0.2, 0) is 9.53 Å². The summed E-state index contributed by atoms with van der Waals surface area (Å²) in [4.78, 5) is 18.3. The van der Waals surface area contributed by atoms with E-state index >= 15 is 0 Å². The quantitative estimate of drug-likeness (QED) is 0.631. The standard InChI is InChI=1S/C8H10N2O3/c1-2-12-8(11)5-13-7-3-9-6-10-4-7/h3-4,6H,2,5H2,1H3. The maximum atomic E-state index is 10.8. The lowest BCUT2D eigenvalue weighted by Crippen LogP contribution is -2.14. The fourth-order valence-corrected chi connectivity index (χ4v) is 0.705. The van der Waals surface area contributed by atoms with Crippen molar-refractivity contribution in [1.82, 2.24) is 9.97 Å². The van der Waals surface area contributed by atoms with Gasteiger partial charge in [0.25, 0.3) is 0 Å². The minimum absolute atomic E-state index is 0.110. The van der Waals surface area contributed by atoms with Crippen molar-refractivity contribution in [2.75, 3.05) is 13.2 Å². The Bertz CT molecular complexity index is 263. The Morgan fingerprint density at radius 3 is 2.77 bits per heavy atom.